The second kappa shape index (κ2) is 6.80. The quantitative estimate of drug-likeness (QED) is 0.839. The Balaban J connectivity index is 1.90. The molecule has 0 spiro atoms. The summed E-state index contributed by atoms with van der Waals surface area (Å²) in [5, 5.41) is 9.79. The van der Waals surface area contributed by atoms with Crippen molar-refractivity contribution in [1.82, 2.24) is 5.16 Å². The fraction of sp³-hybridized carbons (Fsp3) is 0.438. The van der Waals surface area contributed by atoms with Crippen LogP contribution in [-0.4, -0.2) is 36.9 Å². The molecule has 27 heavy (non-hydrogen) atoms. The van der Waals surface area contributed by atoms with E-state index in [1.165, 1.54) is 6.07 Å². The first-order chi connectivity index (χ1) is 12.6. The van der Waals surface area contributed by atoms with Crippen LogP contribution in [0.3, 0.4) is 0 Å². The number of aromatic nitrogens is 1. The van der Waals surface area contributed by atoms with Crippen molar-refractivity contribution in [3.05, 3.63) is 23.6 Å². The average Bonchev–Trinajstić information content (AvgIpc) is 3.11. The molecule has 1 aliphatic rings. The first-order valence-corrected chi connectivity index (χ1v) is 9.76. The Labute approximate surface area is 154 Å². The van der Waals surface area contributed by atoms with Crippen molar-refractivity contribution in [2.75, 3.05) is 11.9 Å². The van der Waals surface area contributed by atoms with Crippen LogP contribution in [0.5, 0.6) is 0 Å². The van der Waals surface area contributed by atoms with Gasteiger partial charge in [0.05, 0.1) is 12.3 Å². The molecular formula is C16H18FN3O6S. The highest BCUT2D eigenvalue weighted by Gasteiger charge is 2.36. The lowest BCUT2D eigenvalue weighted by Crippen LogP contribution is -2.23. The number of ether oxygens (including phenoxy) is 1. The molecule has 1 amide bonds. The second-order valence-electron chi connectivity index (χ2n) is 6.57. The Kier molecular flexibility index (Phi) is 4.81. The van der Waals surface area contributed by atoms with Crippen molar-refractivity contribution < 1.29 is 31.7 Å². The van der Waals surface area contributed by atoms with Gasteiger partial charge in [-0.2, -0.15) is 0 Å². The zero-order valence-corrected chi connectivity index (χ0v) is 15.7. The van der Waals surface area contributed by atoms with Gasteiger partial charge in [-0.15, -0.1) is 0 Å². The van der Waals surface area contributed by atoms with Crippen molar-refractivity contribution >= 4 is 37.6 Å². The molecule has 1 N–H and O–H groups in total. The molecule has 0 radical (unpaired) electrons. The van der Waals surface area contributed by atoms with Crippen molar-refractivity contribution in [3.8, 4) is 0 Å². The smallest absolute Gasteiger partial charge is 0.411 e. The number of amides is 1. The zero-order chi connectivity index (χ0) is 19.8. The molecule has 0 atom stereocenters. The van der Waals surface area contributed by atoms with Gasteiger partial charge in [-0.05, 0) is 26.8 Å². The van der Waals surface area contributed by atoms with Gasteiger partial charge in [0.2, 0.25) is 9.84 Å². The second-order valence-corrected chi connectivity index (χ2v) is 8.56. The number of carbonyl (C=O) groups excluding carboxylic acids is 1. The third-order valence-electron chi connectivity index (χ3n) is 3.80. The molecule has 1 aromatic heterocycles. The third kappa shape index (κ3) is 4.02. The highest BCUT2D eigenvalue weighted by molar-refractivity contribution is 8.05. The molecule has 1 aliphatic heterocycles. The topological polar surface area (TPSA) is 120 Å². The number of carbonyl (C=O) groups is 1. The summed E-state index contributed by atoms with van der Waals surface area (Å²) >= 11 is 0. The number of nitrogens with zero attached hydrogens (tertiary/aromatic N) is 2. The molecule has 0 aliphatic carbocycles. The minimum Gasteiger partial charge on any atom is -0.450 e. The molecule has 2 heterocycles. The summed E-state index contributed by atoms with van der Waals surface area (Å²) in [5.74, 6) is -1.26. The van der Waals surface area contributed by atoms with Gasteiger partial charge in [0.25, 0.3) is 0 Å². The lowest BCUT2D eigenvalue weighted by molar-refractivity contribution is 0.0123. The van der Waals surface area contributed by atoms with E-state index in [1.54, 1.807) is 20.8 Å². The Bertz CT molecular complexity index is 1030. The van der Waals surface area contributed by atoms with E-state index in [1.807, 2.05) is 0 Å². The lowest BCUT2D eigenvalue weighted by atomic mass is 10.1. The molecule has 11 heteroatoms. The number of benzene rings is 1. The molecule has 146 valence electrons. The molecule has 2 aromatic rings. The number of rotatable bonds is 4. The van der Waals surface area contributed by atoms with Crippen LogP contribution in [0.25, 0.3) is 11.0 Å². The maximum atomic E-state index is 14.1. The van der Waals surface area contributed by atoms with Crippen molar-refractivity contribution in [3.63, 3.8) is 0 Å². The Hall–Kier alpha value is -2.69. The first kappa shape index (κ1) is 19.1. The zero-order valence-electron chi connectivity index (χ0n) is 14.9. The molecule has 0 fully saturated rings. The number of sulfone groups is 1. The molecule has 0 saturated carbocycles. The molecule has 0 bridgehead atoms. The van der Waals surface area contributed by atoms with E-state index in [-0.39, 0.29) is 40.4 Å². The number of hydrogen-bond donors (Lipinski definition) is 1. The van der Waals surface area contributed by atoms with Crippen LogP contribution in [-0.2, 0) is 25.2 Å². The standard InChI is InChI=1S/C16H18FN3O6S/c1-4-24-15(21)18-11-5-9-12(19-25-13(9)6-10(11)17)8-27(22,23)14-7-16(2,3)26-20-14/h5-6H,4,7-8H2,1-3H3,(H,18,21). The van der Waals surface area contributed by atoms with Crippen LogP contribution in [0.1, 0.15) is 32.9 Å². The summed E-state index contributed by atoms with van der Waals surface area (Å²) in [7, 11) is -3.80. The highest BCUT2D eigenvalue weighted by Crippen LogP contribution is 2.30. The summed E-state index contributed by atoms with van der Waals surface area (Å²) in [4.78, 5) is 16.6. The Morgan fingerprint density at radius 1 is 1.41 bits per heavy atom. The summed E-state index contributed by atoms with van der Waals surface area (Å²) in [6.45, 7) is 5.17. The van der Waals surface area contributed by atoms with Crippen molar-refractivity contribution in [2.45, 2.75) is 38.5 Å². The van der Waals surface area contributed by atoms with Gasteiger partial charge in [-0.1, -0.05) is 10.3 Å². The van der Waals surface area contributed by atoms with Crippen LogP contribution < -0.4 is 5.32 Å². The summed E-state index contributed by atoms with van der Waals surface area (Å²) in [5.41, 5.74) is -0.749. The van der Waals surface area contributed by atoms with E-state index < -0.39 is 33.1 Å². The van der Waals surface area contributed by atoms with Gasteiger partial charge < -0.3 is 14.1 Å². The van der Waals surface area contributed by atoms with Crippen LogP contribution >= 0.6 is 0 Å². The molecule has 9 nitrogen and oxygen atoms in total. The minimum atomic E-state index is -3.80. The summed E-state index contributed by atoms with van der Waals surface area (Å²) in [6, 6.07) is 2.26. The normalized spacial score (nSPS) is 16.1. The Morgan fingerprint density at radius 3 is 2.78 bits per heavy atom. The van der Waals surface area contributed by atoms with Gasteiger partial charge in [0, 0.05) is 17.9 Å². The summed E-state index contributed by atoms with van der Waals surface area (Å²) < 4.78 is 49.0. The number of nitrogens with one attached hydrogen (secondary N) is 1. The van der Waals surface area contributed by atoms with Gasteiger partial charge in [0.1, 0.15) is 17.0 Å². The van der Waals surface area contributed by atoms with Crippen molar-refractivity contribution in [2.24, 2.45) is 5.16 Å². The molecule has 0 saturated heterocycles. The fourth-order valence-corrected chi connectivity index (χ4v) is 3.97. The molecule has 1 aromatic carbocycles. The SMILES string of the molecule is CCOC(=O)Nc1cc2c(CS(=O)(=O)C3=NOC(C)(C)C3)noc2cc1F. The Morgan fingerprint density at radius 2 is 2.15 bits per heavy atom. The maximum absolute atomic E-state index is 14.1. The van der Waals surface area contributed by atoms with Crippen LogP contribution in [0, 0.1) is 5.82 Å². The maximum Gasteiger partial charge on any atom is 0.411 e. The minimum absolute atomic E-state index is 0.0528. The molecule has 3 rings (SSSR count). The van der Waals surface area contributed by atoms with Crippen LogP contribution in [0.15, 0.2) is 21.8 Å². The third-order valence-corrected chi connectivity index (χ3v) is 5.39. The number of anilines is 1. The van der Waals surface area contributed by atoms with Crippen LogP contribution in [0.2, 0.25) is 0 Å². The van der Waals surface area contributed by atoms with Crippen molar-refractivity contribution in [1.29, 1.82) is 0 Å². The number of fused-ring (bicyclic) bond motifs is 1. The van der Waals surface area contributed by atoms with E-state index in [0.29, 0.717) is 0 Å². The van der Waals surface area contributed by atoms with E-state index >= 15 is 0 Å². The average molecular weight is 399 g/mol. The molecular weight excluding hydrogens is 381 g/mol. The summed E-state index contributed by atoms with van der Waals surface area (Å²) in [6.07, 6.45) is -0.698. The van der Waals surface area contributed by atoms with E-state index in [4.69, 9.17) is 14.1 Å². The van der Waals surface area contributed by atoms with Gasteiger partial charge >= 0.3 is 6.09 Å². The van der Waals surface area contributed by atoms with Gasteiger partial charge in [0.15, 0.2) is 16.4 Å². The lowest BCUT2D eigenvalue weighted by Gasteiger charge is -2.13. The predicted molar refractivity (Wildman–Crippen MR) is 94.5 cm³/mol. The van der Waals surface area contributed by atoms with E-state index in [9.17, 15) is 17.6 Å². The predicted octanol–water partition coefficient (Wildman–Crippen LogP) is 2.96. The number of halogens is 1. The fourth-order valence-electron chi connectivity index (χ4n) is 2.52. The largest absolute Gasteiger partial charge is 0.450 e. The monoisotopic (exact) mass is 399 g/mol. The van der Waals surface area contributed by atoms with Gasteiger partial charge in [-0.25, -0.2) is 17.6 Å². The van der Waals surface area contributed by atoms with Gasteiger partial charge in [-0.3, -0.25) is 5.32 Å². The molecule has 0 unspecified atom stereocenters. The van der Waals surface area contributed by atoms with E-state index in [0.717, 1.165) is 6.07 Å². The van der Waals surface area contributed by atoms with E-state index in [2.05, 4.69) is 15.6 Å². The number of hydrogen-bond acceptors (Lipinski definition) is 8. The number of oxime groups is 1. The first-order valence-electron chi connectivity index (χ1n) is 8.11. The highest BCUT2D eigenvalue weighted by atomic mass is 32.2. The van der Waals surface area contributed by atoms with Crippen LogP contribution in [0.4, 0.5) is 14.9 Å².